The second-order valence-corrected chi connectivity index (χ2v) is 8.27. The number of hydrogen-bond donors (Lipinski definition) is 0. The predicted molar refractivity (Wildman–Crippen MR) is 122 cm³/mol. The second-order valence-electron chi connectivity index (χ2n) is 7.43. The van der Waals surface area contributed by atoms with Gasteiger partial charge >= 0.3 is 6.18 Å². The van der Waals surface area contributed by atoms with E-state index in [1.165, 1.54) is 10.9 Å². The predicted octanol–water partition coefficient (Wildman–Crippen LogP) is 7.98. The van der Waals surface area contributed by atoms with E-state index in [9.17, 15) is 13.2 Å². The minimum Gasteiger partial charge on any atom is -0.463 e. The fourth-order valence-electron chi connectivity index (χ4n) is 3.59. The molecule has 4 nitrogen and oxygen atoms in total. The van der Waals surface area contributed by atoms with E-state index in [1.54, 1.807) is 54.6 Å². The average molecular weight is 488 g/mol. The normalized spacial score (nSPS) is 11.9. The molecule has 0 unspecified atom stereocenters. The lowest BCUT2D eigenvalue weighted by Gasteiger charge is -2.11. The van der Waals surface area contributed by atoms with Crippen LogP contribution in [0.5, 0.6) is 0 Å². The maximum absolute atomic E-state index is 14.3. The first kappa shape index (κ1) is 21.6. The summed E-state index contributed by atoms with van der Waals surface area (Å²) in [6.07, 6.45) is -3.28. The molecule has 3 heterocycles. The van der Waals surface area contributed by atoms with Gasteiger partial charge in [0.15, 0.2) is 11.4 Å². The van der Waals surface area contributed by atoms with Gasteiger partial charge in [-0.3, -0.25) is 0 Å². The van der Waals surface area contributed by atoms with Crippen molar-refractivity contribution in [3.63, 3.8) is 0 Å². The summed E-state index contributed by atoms with van der Waals surface area (Å²) in [5, 5.41) is 5.34. The van der Waals surface area contributed by atoms with Gasteiger partial charge in [0.2, 0.25) is 0 Å². The zero-order valence-electron chi connectivity index (χ0n) is 17.0. The van der Waals surface area contributed by atoms with Crippen molar-refractivity contribution in [1.29, 1.82) is 0 Å². The molecule has 0 fully saturated rings. The van der Waals surface area contributed by atoms with Crippen LogP contribution in [0.2, 0.25) is 10.0 Å². The van der Waals surface area contributed by atoms with Gasteiger partial charge in [-0.2, -0.15) is 18.3 Å². The molecule has 0 atom stereocenters. The van der Waals surface area contributed by atoms with Crippen molar-refractivity contribution in [2.45, 2.75) is 13.1 Å². The first-order valence-corrected chi connectivity index (χ1v) is 10.6. The Morgan fingerprint density at radius 1 is 0.970 bits per heavy atom. The van der Waals surface area contributed by atoms with E-state index in [-0.39, 0.29) is 28.2 Å². The smallest absolute Gasteiger partial charge is 0.417 e. The minimum atomic E-state index is -4.66. The third kappa shape index (κ3) is 3.87. The topological polar surface area (TPSA) is 43.9 Å². The average Bonchev–Trinajstić information content (AvgIpc) is 3.43. The molecule has 0 aliphatic carbocycles. The van der Waals surface area contributed by atoms with Gasteiger partial charge in [-0.1, -0.05) is 41.4 Å². The van der Waals surface area contributed by atoms with Crippen molar-refractivity contribution >= 4 is 34.2 Å². The highest BCUT2D eigenvalue weighted by atomic mass is 35.5. The van der Waals surface area contributed by atoms with E-state index in [4.69, 9.17) is 27.6 Å². The molecule has 166 valence electrons. The van der Waals surface area contributed by atoms with E-state index < -0.39 is 11.7 Å². The Bertz CT molecular complexity index is 1470. The summed E-state index contributed by atoms with van der Waals surface area (Å²) in [6.45, 7) is 1.83. The number of halogens is 5. The highest BCUT2D eigenvalue weighted by molar-refractivity contribution is 6.31. The van der Waals surface area contributed by atoms with Crippen LogP contribution < -0.4 is 0 Å². The van der Waals surface area contributed by atoms with E-state index in [0.29, 0.717) is 21.3 Å². The Kier molecular flexibility index (Phi) is 5.18. The number of nitrogens with zero attached hydrogens (tertiary/aromatic N) is 3. The molecule has 0 aliphatic rings. The Labute approximate surface area is 196 Å². The van der Waals surface area contributed by atoms with Crippen LogP contribution in [0.1, 0.15) is 11.1 Å². The van der Waals surface area contributed by atoms with Crippen LogP contribution in [0, 0.1) is 6.92 Å². The number of aromatic nitrogens is 3. The van der Waals surface area contributed by atoms with Crippen LogP contribution in [-0.4, -0.2) is 14.8 Å². The SMILES string of the molecule is Cc1ccc(-n2nc(-c3ccc(Cl)cc3)c3c(C(F)(F)F)cc(-c4ccco4)nc32)cc1Cl. The highest BCUT2D eigenvalue weighted by Crippen LogP contribution is 2.42. The molecule has 2 aromatic carbocycles. The summed E-state index contributed by atoms with van der Waals surface area (Å²) < 4.78 is 49.6. The van der Waals surface area contributed by atoms with Crippen LogP contribution in [0.3, 0.4) is 0 Å². The number of alkyl halides is 3. The molecular formula is C24H14Cl2F3N3O. The van der Waals surface area contributed by atoms with Crippen molar-refractivity contribution in [3.8, 4) is 28.4 Å². The second kappa shape index (κ2) is 7.93. The fourth-order valence-corrected chi connectivity index (χ4v) is 3.89. The lowest BCUT2D eigenvalue weighted by atomic mass is 10.0. The number of pyridine rings is 1. The molecule has 0 amide bonds. The van der Waals surface area contributed by atoms with Crippen LogP contribution in [0.25, 0.3) is 39.4 Å². The molecule has 0 saturated heterocycles. The number of hydrogen-bond acceptors (Lipinski definition) is 3. The summed E-state index contributed by atoms with van der Waals surface area (Å²) >= 11 is 12.3. The van der Waals surface area contributed by atoms with Gasteiger partial charge in [0, 0.05) is 15.6 Å². The molecule has 5 aromatic rings. The molecule has 0 aliphatic heterocycles. The van der Waals surface area contributed by atoms with Gasteiger partial charge in [-0.05, 0) is 55.0 Å². The molecule has 0 spiro atoms. The van der Waals surface area contributed by atoms with Crippen molar-refractivity contribution in [3.05, 3.63) is 88.1 Å². The van der Waals surface area contributed by atoms with Crippen molar-refractivity contribution in [1.82, 2.24) is 14.8 Å². The Balaban J connectivity index is 1.90. The van der Waals surface area contributed by atoms with Gasteiger partial charge in [0.05, 0.1) is 22.9 Å². The van der Waals surface area contributed by atoms with Crippen LogP contribution in [-0.2, 0) is 6.18 Å². The van der Waals surface area contributed by atoms with Gasteiger partial charge in [0.25, 0.3) is 0 Å². The number of rotatable bonds is 3. The third-order valence-electron chi connectivity index (χ3n) is 5.23. The largest absolute Gasteiger partial charge is 0.463 e. The van der Waals surface area contributed by atoms with Crippen molar-refractivity contribution < 1.29 is 17.6 Å². The molecular weight excluding hydrogens is 474 g/mol. The molecule has 0 N–H and O–H groups in total. The van der Waals surface area contributed by atoms with Gasteiger partial charge in [0.1, 0.15) is 11.4 Å². The molecule has 5 rings (SSSR count). The summed E-state index contributed by atoms with van der Waals surface area (Å²) in [4.78, 5) is 4.52. The fraction of sp³-hybridized carbons (Fsp3) is 0.0833. The van der Waals surface area contributed by atoms with Gasteiger partial charge < -0.3 is 4.42 Å². The number of furan rings is 1. The zero-order chi connectivity index (χ0) is 23.3. The summed E-state index contributed by atoms with van der Waals surface area (Å²) in [5.74, 6) is 0.213. The number of benzene rings is 2. The Morgan fingerprint density at radius 2 is 1.73 bits per heavy atom. The summed E-state index contributed by atoms with van der Waals surface area (Å²) in [7, 11) is 0. The monoisotopic (exact) mass is 487 g/mol. The maximum Gasteiger partial charge on any atom is 0.417 e. The summed E-state index contributed by atoms with van der Waals surface area (Å²) in [6, 6.07) is 15.7. The van der Waals surface area contributed by atoms with E-state index >= 15 is 0 Å². The molecule has 0 bridgehead atoms. The zero-order valence-corrected chi connectivity index (χ0v) is 18.5. The van der Waals surface area contributed by atoms with Crippen LogP contribution >= 0.6 is 23.2 Å². The van der Waals surface area contributed by atoms with E-state index in [0.717, 1.165) is 11.6 Å². The number of aryl methyl sites for hydroxylation is 1. The van der Waals surface area contributed by atoms with E-state index in [2.05, 4.69) is 10.1 Å². The molecule has 9 heteroatoms. The van der Waals surface area contributed by atoms with Crippen LogP contribution in [0.15, 0.2) is 71.3 Å². The van der Waals surface area contributed by atoms with Crippen molar-refractivity contribution in [2.24, 2.45) is 0 Å². The first-order chi connectivity index (χ1) is 15.7. The minimum absolute atomic E-state index is 0.0288. The first-order valence-electron chi connectivity index (χ1n) is 9.79. The molecule has 3 aromatic heterocycles. The van der Waals surface area contributed by atoms with Gasteiger partial charge in [-0.25, -0.2) is 9.67 Å². The maximum atomic E-state index is 14.3. The Hall–Kier alpha value is -3.29. The third-order valence-corrected chi connectivity index (χ3v) is 5.89. The Morgan fingerprint density at radius 3 is 2.36 bits per heavy atom. The standard InChI is InChI=1S/C24H14Cl2F3N3O/c1-13-4-9-16(11-18(13)26)32-23-21(22(31-32)14-5-7-15(25)8-6-14)17(24(27,28)29)12-19(30-23)20-3-2-10-33-20/h2-12H,1H3. The lowest BCUT2D eigenvalue weighted by molar-refractivity contribution is -0.136. The molecule has 0 radical (unpaired) electrons. The number of fused-ring (bicyclic) bond motifs is 1. The van der Waals surface area contributed by atoms with Crippen molar-refractivity contribution in [2.75, 3.05) is 0 Å². The molecule has 33 heavy (non-hydrogen) atoms. The van der Waals surface area contributed by atoms with Gasteiger partial charge in [-0.15, -0.1) is 0 Å². The summed E-state index contributed by atoms with van der Waals surface area (Å²) in [5.41, 5.74) is 1.11. The quantitative estimate of drug-likeness (QED) is 0.259. The van der Waals surface area contributed by atoms with Crippen LogP contribution in [0.4, 0.5) is 13.2 Å². The van der Waals surface area contributed by atoms with E-state index in [1.807, 2.05) is 6.92 Å². The lowest BCUT2D eigenvalue weighted by Crippen LogP contribution is -2.08. The molecule has 0 saturated carbocycles. The highest BCUT2D eigenvalue weighted by Gasteiger charge is 2.37.